The van der Waals surface area contributed by atoms with E-state index in [0.717, 1.165) is 31.1 Å². The Morgan fingerprint density at radius 2 is 1.90 bits per heavy atom. The smallest absolute Gasteiger partial charge is 0.307 e. The van der Waals surface area contributed by atoms with Crippen molar-refractivity contribution in [2.24, 2.45) is 0 Å². The fraction of sp³-hybridized carbons (Fsp3) is 0.435. The van der Waals surface area contributed by atoms with E-state index in [1.54, 1.807) is 0 Å². The maximum absolute atomic E-state index is 12.0. The van der Waals surface area contributed by atoms with Crippen LogP contribution in [0.25, 0.3) is 0 Å². The average Bonchev–Trinajstić information content (AvgIpc) is 2.68. The SMILES string of the molecule is CC(C)(C)OC(=O)CCN1CCSC(c2ccc(Oc3ccccc3Cl)cc2)C1. The van der Waals surface area contributed by atoms with Crippen LogP contribution in [0.15, 0.2) is 48.5 Å². The van der Waals surface area contributed by atoms with Gasteiger partial charge in [-0.2, -0.15) is 11.8 Å². The fourth-order valence-corrected chi connectivity index (χ4v) is 4.64. The molecule has 0 bridgehead atoms. The van der Waals surface area contributed by atoms with Crippen LogP contribution in [-0.2, 0) is 9.53 Å². The van der Waals surface area contributed by atoms with Crippen LogP contribution in [-0.4, -0.2) is 41.9 Å². The number of carbonyl (C=O) groups is 1. The van der Waals surface area contributed by atoms with Crippen molar-refractivity contribution in [3.63, 3.8) is 0 Å². The third-order valence-electron chi connectivity index (χ3n) is 4.52. The second kappa shape index (κ2) is 9.88. The van der Waals surface area contributed by atoms with Gasteiger partial charge in [0.25, 0.3) is 0 Å². The molecule has 1 saturated heterocycles. The molecule has 3 rings (SSSR count). The predicted molar refractivity (Wildman–Crippen MR) is 120 cm³/mol. The Hall–Kier alpha value is -1.69. The largest absolute Gasteiger partial charge is 0.460 e. The Balaban J connectivity index is 1.54. The van der Waals surface area contributed by atoms with Gasteiger partial charge in [-0.25, -0.2) is 0 Å². The summed E-state index contributed by atoms with van der Waals surface area (Å²) in [5, 5.41) is 0.983. The Bertz CT molecular complexity index is 820. The van der Waals surface area contributed by atoms with Crippen LogP contribution in [0.5, 0.6) is 11.5 Å². The lowest BCUT2D eigenvalue weighted by molar-refractivity contribution is -0.155. The van der Waals surface area contributed by atoms with Crippen molar-refractivity contribution in [2.75, 3.05) is 25.4 Å². The monoisotopic (exact) mass is 433 g/mol. The first-order valence-electron chi connectivity index (χ1n) is 9.88. The highest BCUT2D eigenvalue weighted by Gasteiger charge is 2.23. The third kappa shape index (κ3) is 6.95. The molecule has 2 aromatic rings. The highest BCUT2D eigenvalue weighted by Crippen LogP contribution is 2.35. The summed E-state index contributed by atoms with van der Waals surface area (Å²) in [6, 6.07) is 15.7. The fourth-order valence-electron chi connectivity index (χ4n) is 3.15. The summed E-state index contributed by atoms with van der Waals surface area (Å²) < 4.78 is 11.3. The molecule has 2 aromatic carbocycles. The first-order chi connectivity index (χ1) is 13.8. The molecule has 156 valence electrons. The van der Waals surface area contributed by atoms with E-state index >= 15 is 0 Å². The van der Waals surface area contributed by atoms with Crippen molar-refractivity contribution in [3.05, 3.63) is 59.1 Å². The number of thioether (sulfide) groups is 1. The minimum atomic E-state index is -0.425. The molecule has 0 radical (unpaired) electrons. The Kier molecular flexibility index (Phi) is 7.49. The molecule has 29 heavy (non-hydrogen) atoms. The molecule has 1 fully saturated rings. The van der Waals surface area contributed by atoms with E-state index in [1.807, 2.05) is 68.9 Å². The van der Waals surface area contributed by atoms with Crippen LogP contribution in [0.3, 0.4) is 0 Å². The molecule has 1 heterocycles. The van der Waals surface area contributed by atoms with Crippen LogP contribution < -0.4 is 4.74 Å². The van der Waals surface area contributed by atoms with Crippen molar-refractivity contribution >= 4 is 29.3 Å². The lowest BCUT2D eigenvalue weighted by Crippen LogP contribution is -2.36. The summed E-state index contributed by atoms with van der Waals surface area (Å²) in [7, 11) is 0. The molecule has 0 spiro atoms. The molecule has 0 aromatic heterocycles. The summed E-state index contributed by atoms with van der Waals surface area (Å²) in [5.41, 5.74) is 0.842. The first-order valence-corrected chi connectivity index (χ1v) is 11.3. The number of ether oxygens (including phenoxy) is 2. The molecule has 0 amide bonds. The number of hydrogen-bond acceptors (Lipinski definition) is 5. The van der Waals surface area contributed by atoms with Gasteiger partial charge in [-0.3, -0.25) is 4.79 Å². The number of halogens is 1. The van der Waals surface area contributed by atoms with Gasteiger partial charge in [0, 0.05) is 30.6 Å². The normalized spacial score (nSPS) is 17.7. The maximum atomic E-state index is 12.0. The number of esters is 1. The zero-order chi connectivity index (χ0) is 20.9. The van der Waals surface area contributed by atoms with Crippen molar-refractivity contribution in [3.8, 4) is 11.5 Å². The highest BCUT2D eigenvalue weighted by atomic mass is 35.5. The van der Waals surface area contributed by atoms with Gasteiger partial charge in [0.05, 0.1) is 11.4 Å². The van der Waals surface area contributed by atoms with Gasteiger partial charge in [-0.05, 0) is 50.6 Å². The zero-order valence-electron chi connectivity index (χ0n) is 17.2. The number of carbonyl (C=O) groups excluding carboxylic acids is 1. The second-order valence-corrected chi connectivity index (χ2v) is 9.82. The van der Waals surface area contributed by atoms with Crippen molar-refractivity contribution in [1.82, 2.24) is 4.90 Å². The molecule has 0 N–H and O–H groups in total. The van der Waals surface area contributed by atoms with E-state index in [9.17, 15) is 4.79 Å². The summed E-state index contributed by atoms with van der Waals surface area (Å²) in [6.45, 7) is 8.36. The zero-order valence-corrected chi connectivity index (χ0v) is 18.8. The van der Waals surface area contributed by atoms with Crippen LogP contribution in [0, 0.1) is 0 Å². The number of benzene rings is 2. The average molecular weight is 434 g/mol. The van der Waals surface area contributed by atoms with Gasteiger partial charge >= 0.3 is 5.97 Å². The third-order valence-corrected chi connectivity index (χ3v) is 6.07. The highest BCUT2D eigenvalue weighted by molar-refractivity contribution is 7.99. The molecule has 1 atom stereocenters. The van der Waals surface area contributed by atoms with Crippen LogP contribution in [0.2, 0.25) is 5.02 Å². The van der Waals surface area contributed by atoms with Gasteiger partial charge in [0.2, 0.25) is 0 Å². The van der Waals surface area contributed by atoms with Crippen LogP contribution in [0.1, 0.15) is 38.0 Å². The van der Waals surface area contributed by atoms with Crippen molar-refractivity contribution < 1.29 is 14.3 Å². The van der Waals surface area contributed by atoms with Crippen molar-refractivity contribution in [2.45, 2.75) is 38.0 Å². The number of rotatable bonds is 6. The van der Waals surface area contributed by atoms with Gasteiger partial charge in [-0.1, -0.05) is 35.9 Å². The Morgan fingerprint density at radius 3 is 2.59 bits per heavy atom. The number of nitrogens with zero attached hydrogens (tertiary/aromatic N) is 1. The predicted octanol–water partition coefficient (Wildman–Crippen LogP) is 5.95. The van der Waals surface area contributed by atoms with Gasteiger partial charge in [-0.15, -0.1) is 0 Å². The van der Waals surface area contributed by atoms with E-state index < -0.39 is 5.60 Å². The molecule has 1 unspecified atom stereocenters. The van der Waals surface area contributed by atoms with E-state index in [-0.39, 0.29) is 5.97 Å². The number of hydrogen-bond donors (Lipinski definition) is 0. The second-order valence-electron chi connectivity index (χ2n) is 8.10. The Morgan fingerprint density at radius 1 is 1.17 bits per heavy atom. The van der Waals surface area contributed by atoms with E-state index in [4.69, 9.17) is 21.1 Å². The topological polar surface area (TPSA) is 38.8 Å². The van der Waals surface area contributed by atoms with E-state index in [0.29, 0.717) is 22.4 Å². The van der Waals surface area contributed by atoms with Crippen molar-refractivity contribution in [1.29, 1.82) is 0 Å². The van der Waals surface area contributed by atoms with Gasteiger partial charge in [0.15, 0.2) is 0 Å². The Labute approximate surface area is 182 Å². The molecule has 4 nitrogen and oxygen atoms in total. The van der Waals surface area contributed by atoms with E-state index in [2.05, 4.69) is 17.0 Å². The lowest BCUT2D eigenvalue weighted by Gasteiger charge is -2.32. The lowest BCUT2D eigenvalue weighted by atomic mass is 10.1. The molecule has 6 heteroatoms. The minimum absolute atomic E-state index is 0.131. The number of para-hydroxylation sites is 1. The quantitative estimate of drug-likeness (QED) is 0.526. The maximum Gasteiger partial charge on any atom is 0.307 e. The standard InChI is InChI=1S/C23H28ClNO3S/c1-23(2,3)28-22(26)12-13-25-14-15-29-21(16-25)17-8-10-18(11-9-17)27-20-7-5-4-6-19(20)24/h4-11,21H,12-16H2,1-3H3. The van der Waals surface area contributed by atoms with Gasteiger partial charge < -0.3 is 14.4 Å². The molecule has 1 aliphatic rings. The summed E-state index contributed by atoms with van der Waals surface area (Å²) in [5.74, 6) is 2.34. The first kappa shape index (κ1) is 22.0. The molecular formula is C23H28ClNO3S. The molecular weight excluding hydrogens is 406 g/mol. The van der Waals surface area contributed by atoms with Crippen LogP contribution >= 0.6 is 23.4 Å². The summed E-state index contributed by atoms with van der Waals surface area (Å²) in [6.07, 6.45) is 0.430. The van der Waals surface area contributed by atoms with Gasteiger partial charge in [0.1, 0.15) is 17.1 Å². The van der Waals surface area contributed by atoms with E-state index in [1.165, 1.54) is 5.56 Å². The summed E-state index contributed by atoms with van der Waals surface area (Å²) >= 11 is 8.12. The molecule has 0 saturated carbocycles. The molecule has 0 aliphatic carbocycles. The molecule has 1 aliphatic heterocycles. The van der Waals surface area contributed by atoms with Crippen LogP contribution in [0.4, 0.5) is 0 Å². The minimum Gasteiger partial charge on any atom is -0.460 e. The summed E-state index contributed by atoms with van der Waals surface area (Å²) in [4.78, 5) is 14.3.